The van der Waals surface area contributed by atoms with E-state index in [2.05, 4.69) is 4.90 Å². The number of piperidine rings is 1. The smallest absolute Gasteiger partial charge is 0.107 e. The molecule has 3 nitrogen and oxygen atoms in total. The highest BCUT2D eigenvalue weighted by molar-refractivity contribution is 4.81. The quantitative estimate of drug-likeness (QED) is 0.589. The predicted molar refractivity (Wildman–Crippen MR) is 41.2 cm³/mol. The molecule has 0 aromatic rings. The number of likely N-dealkylation sites (tertiary alicyclic amines) is 1. The van der Waals surface area contributed by atoms with E-state index in [1.165, 1.54) is 12.8 Å². The third-order valence-corrected chi connectivity index (χ3v) is 2.60. The van der Waals surface area contributed by atoms with Gasteiger partial charge in [0.25, 0.3) is 0 Å². The molecule has 2 aliphatic heterocycles. The van der Waals surface area contributed by atoms with Gasteiger partial charge in [0.05, 0.1) is 19.3 Å². The summed E-state index contributed by atoms with van der Waals surface area (Å²) < 4.78 is 5.08. The van der Waals surface area contributed by atoms with Gasteiger partial charge >= 0.3 is 0 Å². The monoisotopic (exact) mass is 157 g/mol. The van der Waals surface area contributed by atoms with Crippen LogP contribution in [0.1, 0.15) is 19.3 Å². The zero-order valence-electron chi connectivity index (χ0n) is 6.70. The number of nitrogens with zero attached hydrogens (tertiary/aromatic N) is 1. The minimum absolute atomic E-state index is 0.197. The molecule has 0 amide bonds. The van der Waals surface area contributed by atoms with Crippen LogP contribution in [0.15, 0.2) is 0 Å². The number of aliphatic hydroxyl groups excluding tert-OH is 1. The Balaban J connectivity index is 1.88. The van der Waals surface area contributed by atoms with Crippen LogP contribution >= 0.6 is 0 Å². The second-order valence-corrected chi connectivity index (χ2v) is 3.41. The van der Waals surface area contributed by atoms with Crippen LogP contribution in [0.3, 0.4) is 0 Å². The lowest BCUT2D eigenvalue weighted by molar-refractivity contribution is -0.135. The first-order chi connectivity index (χ1) is 5.38. The minimum Gasteiger partial charge on any atom is -0.378 e. The molecule has 0 saturated carbocycles. The third-order valence-electron chi connectivity index (χ3n) is 2.60. The van der Waals surface area contributed by atoms with Gasteiger partial charge in [0.2, 0.25) is 0 Å². The maximum Gasteiger partial charge on any atom is 0.107 e. The summed E-state index contributed by atoms with van der Waals surface area (Å²) in [6.07, 6.45) is 3.15. The molecule has 3 heteroatoms. The molecular weight excluding hydrogens is 142 g/mol. The average Bonchev–Trinajstić information content (AvgIpc) is 1.90. The van der Waals surface area contributed by atoms with Gasteiger partial charge in [-0.15, -0.1) is 0 Å². The van der Waals surface area contributed by atoms with E-state index in [-0.39, 0.29) is 6.23 Å². The molecule has 1 N–H and O–H groups in total. The van der Waals surface area contributed by atoms with Crippen LogP contribution in [0.25, 0.3) is 0 Å². The van der Waals surface area contributed by atoms with Crippen LogP contribution in [0.5, 0.6) is 0 Å². The average molecular weight is 157 g/mol. The van der Waals surface area contributed by atoms with E-state index >= 15 is 0 Å². The Morgan fingerprint density at radius 1 is 1.27 bits per heavy atom. The third kappa shape index (κ3) is 1.41. The van der Waals surface area contributed by atoms with Gasteiger partial charge in [0.15, 0.2) is 0 Å². The normalized spacial score (nSPS) is 35.2. The predicted octanol–water partition coefficient (Wildman–Crippen LogP) is 0.190. The van der Waals surface area contributed by atoms with Gasteiger partial charge in [0, 0.05) is 6.54 Å². The Labute approximate surface area is 66.9 Å². The first-order valence-electron chi connectivity index (χ1n) is 4.39. The first-order valence-corrected chi connectivity index (χ1v) is 4.39. The maximum atomic E-state index is 9.57. The summed E-state index contributed by atoms with van der Waals surface area (Å²) in [4.78, 5) is 2.17. The molecule has 0 aliphatic carbocycles. The lowest BCUT2D eigenvalue weighted by Gasteiger charge is -2.42. The Morgan fingerprint density at radius 2 is 2.09 bits per heavy atom. The Kier molecular flexibility index (Phi) is 2.11. The van der Waals surface area contributed by atoms with E-state index in [1.807, 2.05) is 0 Å². The van der Waals surface area contributed by atoms with Gasteiger partial charge < -0.3 is 9.84 Å². The van der Waals surface area contributed by atoms with Crippen molar-refractivity contribution in [1.29, 1.82) is 0 Å². The summed E-state index contributed by atoms with van der Waals surface area (Å²) >= 11 is 0. The van der Waals surface area contributed by atoms with Crippen LogP contribution in [-0.4, -0.2) is 42.0 Å². The molecule has 2 saturated heterocycles. The van der Waals surface area contributed by atoms with E-state index < -0.39 is 0 Å². The van der Waals surface area contributed by atoms with Crippen molar-refractivity contribution in [3.8, 4) is 0 Å². The van der Waals surface area contributed by atoms with E-state index in [9.17, 15) is 5.11 Å². The summed E-state index contributed by atoms with van der Waals surface area (Å²) in [5.74, 6) is 0. The second-order valence-electron chi connectivity index (χ2n) is 3.41. The SMILES string of the molecule is OC1CCCCN1C1COC1. The van der Waals surface area contributed by atoms with Crippen molar-refractivity contribution in [2.45, 2.75) is 31.5 Å². The molecule has 2 fully saturated rings. The molecule has 0 aromatic heterocycles. The van der Waals surface area contributed by atoms with E-state index in [0.717, 1.165) is 26.2 Å². The molecule has 64 valence electrons. The minimum atomic E-state index is -0.197. The van der Waals surface area contributed by atoms with Crippen molar-refractivity contribution in [1.82, 2.24) is 4.90 Å². The fourth-order valence-corrected chi connectivity index (χ4v) is 1.78. The van der Waals surface area contributed by atoms with Gasteiger partial charge in [-0.1, -0.05) is 0 Å². The molecule has 0 radical (unpaired) electrons. The Hall–Kier alpha value is -0.120. The largest absolute Gasteiger partial charge is 0.378 e. The maximum absolute atomic E-state index is 9.57. The van der Waals surface area contributed by atoms with Crippen molar-refractivity contribution in [3.05, 3.63) is 0 Å². The number of hydrogen-bond acceptors (Lipinski definition) is 3. The molecule has 2 heterocycles. The zero-order chi connectivity index (χ0) is 7.68. The first kappa shape index (κ1) is 7.53. The van der Waals surface area contributed by atoms with Crippen molar-refractivity contribution >= 4 is 0 Å². The molecule has 1 atom stereocenters. The zero-order valence-corrected chi connectivity index (χ0v) is 6.70. The number of rotatable bonds is 1. The van der Waals surface area contributed by atoms with Crippen LogP contribution in [0.4, 0.5) is 0 Å². The van der Waals surface area contributed by atoms with Crippen LogP contribution in [0, 0.1) is 0 Å². The fraction of sp³-hybridized carbons (Fsp3) is 1.00. The van der Waals surface area contributed by atoms with Crippen LogP contribution < -0.4 is 0 Å². The van der Waals surface area contributed by atoms with Crippen LogP contribution in [0.2, 0.25) is 0 Å². The van der Waals surface area contributed by atoms with Crippen LogP contribution in [-0.2, 0) is 4.74 Å². The Bertz CT molecular complexity index is 134. The summed E-state index contributed by atoms with van der Waals surface area (Å²) in [6.45, 7) is 2.68. The Morgan fingerprint density at radius 3 is 2.64 bits per heavy atom. The molecule has 0 spiro atoms. The highest BCUT2D eigenvalue weighted by Gasteiger charge is 2.31. The molecule has 2 rings (SSSR count). The van der Waals surface area contributed by atoms with E-state index in [0.29, 0.717) is 6.04 Å². The fourth-order valence-electron chi connectivity index (χ4n) is 1.78. The highest BCUT2D eigenvalue weighted by Crippen LogP contribution is 2.21. The highest BCUT2D eigenvalue weighted by atomic mass is 16.5. The van der Waals surface area contributed by atoms with Gasteiger partial charge in [-0.25, -0.2) is 0 Å². The second kappa shape index (κ2) is 3.09. The lowest BCUT2D eigenvalue weighted by Crippen LogP contribution is -2.55. The van der Waals surface area contributed by atoms with E-state index in [4.69, 9.17) is 4.74 Å². The summed E-state index contributed by atoms with van der Waals surface area (Å²) in [5.41, 5.74) is 0. The number of ether oxygens (including phenoxy) is 1. The molecule has 2 aliphatic rings. The van der Waals surface area contributed by atoms with Crippen molar-refractivity contribution < 1.29 is 9.84 Å². The summed E-state index contributed by atoms with van der Waals surface area (Å²) in [5, 5.41) is 9.57. The van der Waals surface area contributed by atoms with Gasteiger partial charge in [-0.05, 0) is 19.3 Å². The molecule has 0 bridgehead atoms. The van der Waals surface area contributed by atoms with Crippen molar-refractivity contribution in [3.63, 3.8) is 0 Å². The molecule has 1 unspecified atom stereocenters. The summed E-state index contributed by atoms with van der Waals surface area (Å²) in [6, 6.07) is 0.505. The topological polar surface area (TPSA) is 32.7 Å². The van der Waals surface area contributed by atoms with Gasteiger partial charge in [0.1, 0.15) is 6.23 Å². The standard InChI is InChI=1S/C8H15NO2/c10-8-3-1-2-4-9(8)7-5-11-6-7/h7-8,10H,1-6H2. The molecular formula is C8H15NO2. The molecule has 11 heavy (non-hydrogen) atoms. The molecule has 0 aromatic carbocycles. The number of hydrogen-bond donors (Lipinski definition) is 1. The van der Waals surface area contributed by atoms with Gasteiger partial charge in [-0.3, -0.25) is 4.90 Å². The lowest BCUT2D eigenvalue weighted by atomic mass is 10.1. The van der Waals surface area contributed by atoms with Crippen molar-refractivity contribution in [2.75, 3.05) is 19.8 Å². The van der Waals surface area contributed by atoms with Gasteiger partial charge in [-0.2, -0.15) is 0 Å². The van der Waals surface area contributed by atoms with Crippen molar-refractivity contribution in [2.24, 2.45) is 0 Å². The summed E-state index contributed by atoms with van der Waals surface area (Å²) in [7, 11) is 0. The number of aliphatic hydroxyl groups is 1. The van der Waals surface area contributed by atoms with E-state index in [1.54, 1.807) is 0 Å².